The molecule has 0 saturated heterocycles. The highest BCUT2D eigenvalue weighted by Gasteiger charge is 2.46. The van der Waals surface area contributed by atoms with E-state index in [9.17, 15) is 14.7 Å². The number of nitrogens with zero attached hydrogens (tertiary/aromatic N) is 1. The van der Waals surface area contributed by atoms with Crippen LogP contribution in [-0.2, 0) is 11.3 Å². The number of ether oxygens (including phenoxy) is 3. The molecule has 36 heavy (non-hydrogen) atoms. The first kappa shape index (κ1) is 23.5. The number of thiophene rings is 1. The van der Waals surface area contributed by atoms with E-state index < -0.39 is 23.5 Å². The van der Waals surface area contributed by atoms with Crippen LogP contribution in [0.4, 0.5) is 0 Å². The number of methoxy groups -OCH3 is 3. The molecular formula is C27H23NO7S. The van der Waals surface area contributed by atoms with Gasteiger partial charge >= 0.3 is 0 Å². The van der Waals surface area contributed by atoms with E-state index in [-0.39, 0.29) is 17.9 Å². The fourth-order valence-electron chi connectivity index (χ4n) is 4.51. The van der Waals surface area contributed by atoms with Crippen molar-refractivity contribution < 1.29 is 33.3 Å². The first-order valence-corrected chi connectivity index (χ1v) is 11.9. The number of rotatable bonds is 8. The van der Waals surface area contributed by atoms with E-state index in [4.69, 9.17) is 18.6 Å². The third-order valence-electron chi connectivity index (χ3n) is 6.13. The van der Waals surface area contributed by atoms with Crippen molar-refractivity contribution in [2.45, 2.75) is 12.6 Å². The van der Waals surface area contributed by atoms with Gasteiger partial charge in [-0.25, -0.2) is 0 Å². The molecule has 0 bridgehead atoms. The van der Waals surface area contributed by atoms with E-state index in [2.05, 4.69) is 0 Å². The van der Waals surface area contributed by atoms with Crippen LogP contribution in [0.2, 0.25) is 0 Å². The van der Waals surface area contributed by atoms with Crippen molar-refractivity contribution >= 4 is 34.0 Å². The van der Waals surface area contributed by atoms with Crippen molar-refractivity contribution in [3.05, 3.63) is 87.5 Å². The van der Waals surface area contributed by atoms with E-state index in [1.807, 2.05) is 17.5 Å². The number of Topliss-reactive ketones (excluding diaryl/α,β-unsaturated/α-hetero) is 1. The number of furan rings is 1. The third kappa shape index (κ3) is 3.77. The topological polar surface area (TPSA) is 98.4 Å². The average Bonchev–Trinajstić information content (AvgIpc) is 3.63. The molecule has 1 aliphatic rings. The summed E-state index contributed by atoms with van der Waals surface area (Å²) >= 11 is 1.47. The second kappa shape index (κ2) is 9.43. The van der Waals surface area contributed by atoms with E-state index in [1.54, 1.807) is 42.5 Å². The summed E-state index contributed by atoms with van der Waals surface area (Å²) in [5.74, 6) is -0.645. The minimum absolute atomic E-state index is 0.0197. The molecule has 3 heterocycles. The zero-order chi connectivity index (χ0) is 25.4. The van der Waals surface area contributed by atoms with Crippen LogP contribution in [0, 0.1) is 0 Å². The Bertz CT molecular complexity index is 1490. The zero-order valence-electron chi connectivity index (χ0n) is 19.8. The standard InChI is InChI=1S/C27H23NO7S/c1-32-18-10-4-7-15-13-20(35-25(15)18)23(29)21-22(17-9-5-11-19(33-2)26(17)34-3)28(27(31)24(21)30)14-16-8-6-12-36-16/h4-13,22,30H,14H2,1-3H3. The lowest BCUT2D eigenvalue weighted by Gasteiger charge is -2.28. The van der Waals surface area contributed by atoms with Crippen molar-refractivity contribution in [3.8, 4) is 17.2 Å². The largest absolute Gasteiger partial charge is 0.503 e. The Morgan fingerprint density at radius 3 is 2.47 bits per heavy atom. The zero-order valence-corrected chi connectivity index (χ0v) is 20.6. The van der Waals surface area contributed by atoms with Gasteiger partial charge in [-0.15, -0.1) is 11.3 Å². The predicted octanol–water partition coefficient (Wildman–Crippen LogP) is 5.30. The van der Waals surface area contributed by atoms with E-state index >= 15 is 0 Å². The van der Waals surface area contributed by atoms with Gasteiger partial charge in [0, 0.05) is 15.8 Å². The number of hydrogen-bond donors (Lipinski definition) is 1. The van der Waals surface area contributed by atoms with Crippen LogP contribution in [0.25, 0.3) is 11.0 Å². The maximum Gasteiger partial charge on any atom is 0.290 e. The van der Waals surface area contributed by atoms with Crippen molar-refractivity contribution in [1.82, 2.24) is 4.90 Å². The van der Waals surface area contributed by atoms with Gasteiger partial charge in [-0.05, 0) is 29.6 Å². The molecule has 0 saturated carbocycles. The van der Waals surface area contributed by atoms with Crippen LogP contribution < -0.4 is 14.2 Å². The second-order valence-electron chi connectivity index (χ2n) is 8.08. The number of aliphatic hydroxyl groups excluding tert-OH is 1. The van der Waals surface area contributed by atoms with E-state index in [0.717, 1.165) is 4.88 Å². The Morgan fingerprint density at radius 2 is 1.78 bits per heavy atom. The molecule has 8 nitrogen and oxygen atoms in total. The molecule has 0 spiro atoms. The molecule has 1 atom stereocenters. The number of carbonyl (C=O) groups excluding carboxylic acids is 2. The quantitative estimate of drug-likeness (QED) is 0.325. The summed E-state index contributed by atoms with van der Waals surface area (Å²) in [6.45, 7) is 0.191. The minimum atomic E-state index is -0.938. The Balaban J connectivity index is 1.67. The Kier molecular flexibility index (Phi) is 6.15. The molecule has 2 aromatic carbocycles. The summed E-state index contributed by atoms with van der Waals surface area (Å²) in [5.41, 5.74) is 0.808. The Labute approximate surface area is 210 Å². The molecule has 1 N–H and O–H groups in total. The fraction of sp³-hybridized carbons (Fsp3) is 0.185. The number of aliphatic hydroxyl groups is 1. The van der Waals surface area contributed by atoms with Gasteiger partial charge in [0.05, 0.1) is 39.5 Å². The SMILES string of the molecule is COc1cccc(C2C(C(=O)c3cc4cccc(OC)c4o3)=C(O)C(=O)N2Cc2cccs2)c1OC. The molecule has 0 fully saturated rings. The number of carbonyl (C=O) groups is 2. The van der Waals surface area contributed by atoms with Crippen molar-refractivity contribution in [2.24, 2.45) is 0 Å². The van der Waals surface area contributed by atoms with Crippen molar-refractivity contribution in [2.75, 3.05) is 21.3 Å². The molecule has 1 amide bonds. The summed E-state index contributed by atoms with van der Waals surface area (Å²) in [5, 5.41) is 13.6. The second-order valence-corrected chi connectivity index (χ2v) is 9.11. The van der Waals surface area contributed by atoms with E-state index in [1.165, 1.54) is 37.6 Å². The van der Waals surface area contributed by atoms with Crippen LogP contribution >= 0.6 is 11.3 Å². The normalized spacial score (nSPS) is 15.6. The molecule has 184 valence electrons. The number of benzene rings is 2. The number of ketones is 1. The minimum Gasteiger partial charge on any atom is -0.503 e. The summed E-state index contributed by atoms with van der Waals surface area (Å²) in [7, 11) is 4.50. The lowest BCUT2D eigenvalue weighted by atomic mass is 9.94. The molecule has 4 aromatic rings. The number of fused-ring (bicyclic) bond motifs is 1. The molecule has 1 unspecified atom stereocenters. The highest BCUT2D eigenvalue weighted by atomic mass is 32.1. The molecule has 5 rings (SSSR count). The third-order valence-corrected chi connectivity index (χ3v) is 7.00. The first-order valence-electron chi connectivity index (χ1n) is 11.1. The van der Waals surface area contributed by atoms with Crippen LogP contribution in [0.15, 0.2) is 75.7 Å². The molecule has 0 aliphatic carbocycles. The number of amides is 1. The van der Waals surface area contributed by atoms with Gasteiger partial charge in [0.15, 0.2) is 34.4 Å². The highest BCUT2D eigenvalue weighted by Crippen LogP contribution is 2.46. The number of para-hydroxylation sites is 2. The lowest BCUT2D eigenvalue weighted by molar-refractivity contribution is -0.130. The Hall–Kier alpha value is -4.24. The van der Waals surface area contributed by atoms with Gasteiger partial charge in [-0.2, -0.15) is 0 Å². The maximum atomic E-state index is 13.9. The molecule has 9 heteroatoms. The van der Waals surface area contributed by atoms with Crippen molar-refractivity contribution in [1.29, 1.82) is 0 Å². The maximum absolute atomic E-state index is 13.9. The molecule has 0 radical (unpaired) electrons. The molecule has 1 aliphatic heterocycles. The van der Waals surface area contributed by atoms with Gasteiger partial charge < -0.3 is 28.6 Å². The van der Waals surface area contributed by atoms with Gasteiger partial charge in [0.25, 0.3) is 5.91 Å². The summed E-state index contributed by atoms with van der Waals surface area (Å²) < 4.78 is 22.3. The number of hydrogen-bond acceptors (Lipinski definition) is 8. The smallest absolute Gasteiger partial charge is 0.290 e. The first-order chi connectivity index (χ1) is 17.5. The predicted molar refractivity (Wildman–Crippen MR) is 134 cm³/mol. The van der Waals surface area contributed by atoms with Gasteiger partial charge in [-0.3, -0.25) is 9.59 Å². The average molecular weight is 506 g/mol. The van der Waals surface area contributed by atoms with Gasteiger partial charge in [0.1, 0.15) is 0 Å². The van der Waals surface area contributed by atoms with Crippen molar-refractivity contribution in [3.63, 3.8) is 0 Å². The summed E-state index contributed by atoms with van der Waals surface area (Å²) in [6.07, 6.45) is 0. The summed E-state index contributed by atoms with van der Waals surface area (Å²) in [6, 6.07) is 14.9. The Morgan fingerprint density at radius 1 is 1.03 bits per heavy atom. The van der Waals surface area contributed by atoms with Gasteiger partial charge in [-0.1, -0.05) is 30.3 Å². The van der Waals surface area contributed by atoms with Crippen LogP contribution in [0.5, 0.6) is 17.2 Å². The highest BCUT2D eigenvalue weighted by molar-refractivity contribution is 7.09. The summed E-state index contributed by atoms with van der Waals surface area (Å²) in [4.78, 5) is 29.5. The monoisotopic (exact) mass is 505 g/mol. The van der Waals surface area contributed by atoms with Crippen LogP contribution in [0.3, 0.4) is 0 Å². The molecule has 2 aromatic heterocycles. The van der Waals surface area contributed by atoms with Gasteiger partial charge in [0.2, 0.25) is 5.78 Å². The molecular weight excluding hydrogens is 482 g/mol. The fourth-order valence-corrected chi connectivity index (χ4v) is 5.21. The van der Waals surface area contributed by atoms with Crippen LogP contribution in [0.1, 0.15) is 27.0 Å². The van der Waals surface area contributed by atoms with Crippen LogP contribution in [-0.4, -0.2) is 43.0 Å². The lowest BCUT2D eigenvalue weighted by Crippen LogP contribution is -2.30. The van der Waals surface area contributed by atoms with E-state index in [0.29, 0.717) is 33.8 Å².